The summed E-state index contributed by atoms with van der Waals surface area (Å²) in [4.78, 5) is 14.1. The standard InChI is InChI=1S/C14H13AsFNO2S/c15-7-10-8-17(14(18)19-10)9-3-4-11(12(16)6-9)13-2-1-5-20-13/h1-6,10H,7-8,15H2/t10-/m1/s1. The van der Waals surface area contributed by atoms with E-state index < -0.39 is 6.09 Å². The number of carbonyl (C=O) groups is 1. The van der Waals surface area contributed by atoms with Gasteiger partial charge in [-0.3, -0.25) is 0 Å². The van der Waals surface area contributed by atoms with E-state index in [-0.39, 0.29) is 11.9 Å². The van der Waals surface area contributed by atoms with Crippen LogP contribution in [0.2, 0.25) is 5.21 Å². The maximum absolute atomic E-state index is 14.2. The van der Waals surface area contributed by atoms with Crippen molar-refractivity contribution in [2.24, 2.45) is 0 Å². The number of nitrogens with zero attached hydrogens (tertiary/aromatic N) is 1. The number of ether oxygens (including phenoxy) is 1. The molecule has 0 bridgehead atoms. The molecule has 2 atom stereocenters. The molecule has 0 radical (unpaired) electrons. The quantitative estimate of drug-likeness (QED) is 0.794. The van der Waals surface area contributed by atoms with E-state index in [1.54, 1.807) is 12.1 Å². The minimum absolute atomic E-state index is 0.0810. The molecular formula is C14H13AsFNO2S. The summed E-state index contributed by atoms with van der Waals surface area (Å²) >= 11 is 3.01. The van der Waals surface area contributed by atoms with E-state index in [9.17, 15) is 9.18 Å². The number of hydrogen-bond acceptors (Lipinski definition) is 3. The van der Waals surface area contributed by atoms with Crippen LogP contribution in [0.15, 0.2) is 35.7 Å². The van der Waals surface area contributed by atoms with Gasteiger partial charge in [0.15, 0.2) is 0 Å². The van der Waals surface area contributed by atoms with Crippen LogP contribution in [0.3, 0.4) is 0 Å². The topological polar surface area (TPSA) is 29.5 Å². The molecule has 2 heterocycles. The van der Waals surface area contributed by atoms with Crippen LogP contribution >= 0.6 is 11.3 Å². The molecule has 3 nitrogen and oxygen atoms in total. The summed E-state index contributed by atoms with van der Waals surface area (Å²) in [5.41, 5.74) is 1.11. The molecule has 1 aliphatic rings. The van der Waals surface area contributed by atoms with E-state index in [0.717, 1.165) is 10.1 Å². The molecular weight excluding hydrogens is 340 g/mol. The number of halogens is 1. The van der Waals surface area contributed by atoms with E-state index in [0.29, 0.717) is 17.8 Å². The first kappa shape index (κ1) is 13.7. The Balaban J connectivity index is 1.89. The van der Waals surface area contributed by atoms with Crippen molar-refractivity contribution in [3.8, 4) is 10.4 Å². The predicted molar refractivity (Wildman–Crippen MR) is 80.7 cm³/mol. The molecule has 1 saturated heterocycles. The van der Waals surface area contributed by atoms with Gasteiger partial charge in [-0.2, -0.15) is 0 Å². The third-order valence-corrected chi connectivity index (χ3v) is 5.19. The fourth-order valence-corrected chi connectivity index (χ4v) is 3.43. The molecule has 104 valence electrons. The second-order valence-electron chi connectivity index (χ2n) is 4.49. The van der Waals surface area contributed by atoms with Gasteiger partial charge in [0, 0.05) is 0 Å². The van der Waals surface area contributed by atoms with Gasteiger partial charge >= 0.3 is 129 Å². The minimum atomic E-state index is -0.393. The molecule has 3 rings (SSSR count). The van der Waals surface area contributed by atoms with Gasteiger partial charge in [0.1, 0.15) is 0 Å². The van der Waals surface area contributed by atoms with Gasteiger partial charge in [-0.15, -0.1) is 0 Å². The first-order valence-electron chi connectivity index (χ1n) is 6.20. The summed E-state index contributed by atoms with van der Waals surface area (Å²) in [5.74, 6) is -0.318. The van der Waals surface area contributed by atoms with Crippen molar-refractivity contribution in [1.29, 1.82) is 0 Å². The summed E-state index contributed by atoms with van der Waals surface area (Å²) in [6, 6.07) is 8.65. The first-order valence-corrected chi connectivity index (χ1v) is 8.80. The second-order valence-corrected chi connectivity index (χ2v) is 6.43. The Morgan fingerprint density at radius 3 is 2.90 bits per heavy atom. The van der Waals surface area contributed by atoms with E-state index in [1.807, 2.05) is 17.5 Å². The van der Waals surface area contributed by atoms with Gasteiger partial charge in [-0.05, 0) is 0 Å². The number of thiophene rings is 1. The van der Waals surface area contributed by atoms with Gasteiger partial charge in [0.2, 0.25) is 0 Å². The fraction of sp³-hybridized carbons (Fsp3) is 0.214. The van der Waals surface area contributed by atoms with Gasteiger partial charge in [0.05, 0.1) is 0 Å². The van der Waals surface area contributed by atoms with Gasteiger partial charge in [-0.25, -0.2) is 0 Å². The van der Waals surface area contributed by atoms with E-state index in [2.05, 4.69) is 0 Å². The third kappa shape index (κ3) is 2.48. The summed E-state index contributed by atoms with van der Waals surface area (Å²) < 4.78 is 19.4. The fourth-order valence-electron chi connectivity index (χ4n) is 2.16. The number of anilines is 1. The number of carbonyl (C=O) groups excluding carboxylic acids is 1. The number of amides is 1. The molecule has 2 aromatic rings. The van der Waals surface area contributed by atoms with Crippen LogP contribution in [-0.2, 0) is 4.74 Å². The zero-order chi connectivity index (χ0) is 14.1. The molecule has 0 spiro atoms. The summed E-state index contributed by atoms with van der Waals surface area (Å²) in [6.07, 6.45) is -0.474. The Morgan fingerprint density at radius 1 is 1.45 bits per heavy atom. The zero-order valence-electron chi connectivity index (χ0n) is 10.6. The number of benzene rings is 1. The molecule has 0 N–H and O–H groups in total. The van der Waals surface area contributed by atoms with Crippen molar-refractivity contribution in [2.45, 2.75) is 11.3 Å². The van der Waals surface area contributed by atoms with Crippen LogP contribution in [0.5, 0.6) is 0 Å². The average molecular weight is 353 g/mol. The number of rotatable bonds is 3. The summed E-state index contributed by atoms with van der Waals surface area (Å²) in [6.45, 7) is 0.495. The maximum atomic E-state index is 14.2. The molecule has 1 unspecified atom stereocenters. The Bertz CT molecular complexity index is 632. The summed E-state index contributed by atoms with van der Waals surface area (Å²) in [7, 11) is 0. The second kappa shape index (κ2) is 5.58. The molecule has 0 saturated carbocycles. The van der Waals surface area contributed by atoms with Crippen LogP contribution in [0.1, 0.15) is 0 Å². The molecule has 1 fully saturated rings. The molecule has 1 aliphatic heterocycles. The first-order chi connectivity index (χ1) is 9.69. The summed E-state index contributed by atoms with van der Waals surface area (Å²) in [5, 5.41) is 2.74. The van der Waals surface area contributed by atoms with Crippen LogP contribution in [0, 0.1) is 5.82 Å². The van der Waals surface area contributed by atoms with E-state index >= 15 is 0 Å². The predicted octanol–water partition coefficient (Wildman–Crippen LogP) is 2.93. The number of hydrogen-bond donors (Lipinski definition) is 0. The Morgan fingerprint density at radius 2 is 2.30 bits per heavy atom. The average Bonchev–Trinajstić information content (AvgIpc) is 3.07. The zero-order valence-corrected chi connectivity index (χ0v) is 13.8. The van der Waals surface area contributed by atoms with E-state index in [1.165, 1.54) is 39.2 Å². The van der Waals surface area contributed by atoms with Crippen LogP contribution < -0.4 is 4.90 Å². The van der Waals surface area contributed by atoms with Gasteiger partial charge in [-0.1, -0.05) is 0 Å². The Hall–Kier alpha value is -1.32. The van der Waals surface area contributed by atoms with Crippen molar-refractivity contribution in [2.75, 3.05) is 11.4 Å². The van der Waals surface area contributed by atoms with Crippen LogP contribution in [0.4, 0.5) is 14.9 Å². The molecule has 1 aromatic heterocycles. The third-order valence-electron chi connectivity index (χ3n) is 3.19. The van der Waals surface area contributed by atoms with Crippen molar-refractivity contribution in [1.82, 2.24) is 0 Å². The van der Waals surface area contributed by atoms with Gasteiger partial charge in [0.25, 0.3) is 0 Å². The van der Waals surface area contributed by atoms with Crippen molar-refractivity contribution in [3.05, 3.63) is 41.5 Å². The van der Waals surface area contributed by atoms with Crippen LogP contribution in [0.25, 0.3) is 10.4 Å². The Labute approximate surface area is 128 Å². The molecule has 6 heteroatoms. The number of cyclic esters (lactones) is 1. The van der Waals surface area contributed by atoms with Crippen LogP contribution in [-0.4, -0.2) is 35.6 Å². The molecule has 20 heavy (non-hydrogen) atoms. The van der Waals surface area contributed by atoms with Gasteiger partial charge < -0.3 is 0 Å². The SMILES string of the molecule is O=C1O[C@H](C[AsH2])CN1c1ccc(-c2cccs2)c(F)c1. The molecule has 0 aliphatic carbocycles. The molecule has 1 aromatic carbocycles. The van der Waals surface area contributed by atoms with Crippen molar-refractivity contribution >= 4 is 40.0 Å². The van der Waals surface area contributed by atoms with E-state index in [4.69, 9.17) is 4.74 Å². The Kier molecular flexibility index (Phi) is 3.81. The monoisotopic (exact) mass is 353 g/mol. The normalized spacial score (nSPS) is 18.4. The molecule has 1 amide bonds. The van der Waals surface area contributed by atoms with Crippen molar-refractivity contribution in [3.63, 3.8) is 0 Å². The van der Waals surface area contributed by atoms with Crippen molar-refractivity contribution < 1.29 is 13.9 Å².